The first-order valence-electron chi connectivity index (χ1n) is 6.84. The fraction of sp³-hybridized carbons (Fsp3) is 0.500. The van der Waals surface area contributed by atoms with Gasteiger partial charge < -0.3 is 10.1 Å². The molecule has 2 atom stereocenters. The molecule has 0 bridgehead atoms. The number of nitrogens with zero attached hydrogens (tertiary/aromatic N) is 3. The highest BCUT2D eigenvalue weighted by Gasteiger charge is 2.40. The minimum atomic E-state index is 0.442. The van der Waals surface area contributed by atoms with E-state index in [2.05, 4.69) is 20.5 Å². The van der Waals surface area contributed by atoms with Gasteiger partial charge in [0.25, 0.3) is 0 Å². The molecule has 3 rings (SSSR count). The molecular formula is C14H17ClN4O. The van der Waals surface area contributed by atoms with Crippen molar-refractivity contribution in [2.75, 3.05) is 19.9 Å². The van der Waals surface area contributed by atoms with E-state index >= 15 is 0 Å². The van der Waals surface area contributed by atoms with Crippen molar-refractivity contribution >= 4 is 23.4 Å². The van der Waals surface area contributed by atoms with Crippen LogP contribution in [0.1, 0.15) is 30.5 Å². The molecule has 1 aliphatic heterocycles. The molecule has 2 aliphatic rings. The van der Waals surface area contributed by atoms with E-state index in [9.17, 15) is 0 Å². The van der Waals surface area contributed by atoms with Gasteiger partial charge in [0.1, 0.15) is 6.67 Å². The third-order valence-corrected chi connectivity index (χ3v) is 3.89. The van der Waals surface area contributed by atoms with Gasteiger partial charge in [-0.25, -0.2) is 0 Å². The van der Waals surface area contributed by atoms with Crippen molar-refractivity contribution in [2.24, 2.45) is 10.9 Å². The third kappa shape index (κ3) is 2.83. The van der Waals surface area contributed by atoms with Crippen molar-refractivity contribution in [3.05, 3.63) is 28.7 Å². The normalized spacial score (nSPS) is 24.2. The van der Waals surface area contributed by atoms with Gasteiger partial charge in [0.05, 0.1) is 5.69 Å². The summed E-state index contributed by atoms with van der Waals surface area (Å²) in [5.41, 5.74) is 2.81. The van der Waals surface area contributed by atoms with Gasteiger partial charge in [-0.2, -0.15) is 0 Å². The molecule has 1 saturated carbocycles. The number of halogens is 1. The van der Waals surface area contributed by atoms with Gasteiger partial charge in [-0.15, -0.1) is 10.2 Å². The summed E-state index contributed by atoms with van der Waals surface area (Å²) in [5.74, 6) is 0.994. The Labute approximate surface area is 123 Å². The number of hydrogen-bond acceptors (Lipinski definition) is 5. The summed E-state index contributed by atoms with van der Waals surface area (Å²) in [7, 11) is 0. The number of nitrogens with one attached hydrogen (secondary N) is 1. The highest BCUT2D eigenvalue weighted by atomic mass is 35.5. The molecule has 1 N–H and O–H groups in total. The molecule has 20 heavy (non-hydrogen) atoms. The Morgan fingerprint density at radius 3 is 3.10 bits per heavy atom. The maximum absolute atomic E-state index is 6.19. The molecule has 6 heteroatoms. The highest BCUT2D eigenvalue weighted by Crippen LogP contribution is 2.49. The molecule has 1 fully saturated rings. The van der Waals surface area contributed by atoms with E-state index in [1.165, 1.54) is 0 Å². The number of hydrogen-bond donors (Lipinski definition) is 1. The first-order valence-corrected chi connectivity index (χ1v) is 7.22. The minimum absolute atomic E-state index is 0.442. The van der Waals surface area contributed by atoms with Crippen LogP contribution in [0.4, 0.5) is 0 Å². The summed E-state index contributed by atoms with van der Waals surface area (Å²) >= 11 is 6.19. The number of aliphatic imine (C=N–C) groups is 1. The predicted molar refractivity (Wildman–Crippen MR) is 78.9 cm³/mol. The largest absolute Gasteiger partial charge is 0.381 e. The van der Waals surface area contributed by atoms with Gasteiger partial charge in [-0.1, -0.05) is 11.6 Å². The Balaban J connectivity index is 1.78. The first kappa shape index (κ1) is 13.5. The van der Waals surface area contributed by atoms with E-state index in [-0.39, 0.29) is 0 Å². The lowest BCUT2D eigenvalue weighted by molar-refractivity contribution is 0.136. The van der Waals surface area contributed by atoms with Gasteiger partial charge >= 0.3 is 0 Å². The zero-order valence-electron chi connectivity index (χ0n) is 11.3. The average Bonchev–Trinajstić information content (AvgIpc) is 3.26. The van der Waals surface area contributed by atoms with Crippen LogP contribution in [0.5, 0.6) is 0 Å². The highest BCUT2D eigenvalue weighted by molar-refractivity contribution is 6.30. The van der Waals surface area contributed by atoms with Gasteiger partial charge in [0.15, 0.2) is 5.15 Å². The van der Waals surface area contributed by atoms with Gasteiger partial charge in [-0.05, 0) is 36.8 Å². The number of rotatable bonds is 5. The van der Waals surface area contributed by atoms with Gasteiger partial charge in [0, 0.05) is 31.2 Å². The Hall–Kier alpha value is -1.46. The summed E-state index contributed by atoms with van der Waals surface area (Å²) in [6.07, 6.45) is 4.82. The second kappa shape index (κ2) is 5.89. The molecule has 0 amide bonds. The van der Waals surface area contributed by atoms with Crippen LogP contribution >= 0.6 is 11.6 Å². The van der Waals surface area contributed by atoms with Gasteiger partial charge in [0.2, 0.25) is 0 Å². The SMILES string of the molecule is CCOC[C@H]1C[C@@H]1c1cc(C2=CNCN=C2)nnc1Cl. The molecule has 0 unspecified atom stereocenters. The van der Waals surface area contributed by atoms with Crippen LogP contribution in [-0.4, -0.2) is 36.3 Å². The van der Waals surface area contributed by atoms with Crippen LogP contribution in [-0.2, 0) is 4.74 Å². The van der Waals surface area contributed by atoms with Crippen LogP contribution in [0.2, 0.25) is 5.15 Å². The van der Waals surface area contributed by atoms with E-state index in [0.29, 0.717) is 23.7 Å². The third-order valence-electron chi connectivity index (χ3n) is 3.60. The fourth-order valence-electron chi connectivity index (χ4n) is 2.40. The Morgan fingerprint density at radius 1 is 1.45 bits per heavy atom. The molecule has 5 nitrogen and oxygen atoms in total. The van der Waals surface area contributed by atoms with E-state index in [1.54, 1.807) is 0 Å². The van der Waals surface area contributed by atoms with E-state index in [1.807, 2.05) is 25.4 Å². The fourth-order valence-corrected chi connectivity index (χ4v) is 2.64. The summed E-state index contributed by atoms with van der Waals surface area (Å²) in [4.78, 5) is 4.18. The second-order valence-corrected chi connectivity index (χ2v) is 5.37. The van der Waals surface area contributed by atoms with Crippen molar-refractivity contribution in [3.63, 3.8) is 0 Å². The van der Waals surface area contributed by atoms with E-state index in [0.717, 1.165) is 36.5 Å². The molecule has 106 valence electrons. The summed E-state index contributed by atoms with van der Waals surface area (Å²) in [5, 5.41) is 11.8. The molecule has 0 aromatic carbocycles. The average molecular weight is 293 g/mol. The van der Waals surface area contributed by atoms with Crippen molar-refractivity contribution in [1.82, 2.24) is 15.5 Å². The topological polar surface area (TPSA) is 59.4 Å². The quantitative estimate of drug-likeness (QED) is 0.904. The molecule has 1 aromatic heterocycles. The van der Waals surface area contributed by atoms with Crippen molar-refractivity contribution in [2.45, 2.75) is 19.3 Å². The Morgan fingerprint density at radius 2 is 2.35 bits per heavy atom. The Bertz CT molecular complexity index is 558. The molecule has 1 aromatic rings. The van der Waals surface area contributed by atoms with E-state index < -0.39 is 0 Å². The lowest BCUT2D eigenvalue weighted by Crippen LogP contribution is -2.12. The summed E-state index contributed by atoms with van der Waals surface area (Å²) in [6.45, 7) is 4.17. The predicted octanol–water partition coefficient (Wildman–Crippen LogP) is 2.24. The van der Waals surface area contributed by atoms with Crippen LogP contribution < -0.4 is 5.32 Å². The molecule has 0 spiro atoms. The molecule has 0 saturated heterocycles. The summed E-state index contributed by atoms with van der Waals surface area (Å²) in [6, 6.07) is 2.02. The van der Waals surface area contributed by atoms with Gasteiger partial charge in [-0.3, -0.25) is 4.99 Å². The number of ether oxygens (including phenoxy) is 1. The monoisotopic (exact) mass is 292 g/mol. The molecular weight excluding hydrogens is 276 g/mol. The zero-order valence-corrected chi connectivity index (χ0v) is 12.1. The van der Waals surface area contributed by atoms with Crippen molar-refractivity contribution in [3.8, 4) is 0 Å². The molecule has 1 aliphatic carbocycles. The van der Waals surface area contributed by atoms with Crippen LogP contribution in [0.15, 0.2) is 17.3 Å². The maximum Gasteiger partial charge on any atom is 0.155 e. The lowest BCUT2D eigenvalue weighted by Gasteiger charge is -2.09. The zero-order chi connectivity index (χ0) is 13.9. The van der Waals surface area contributed by atoms with Crippen LogP contribution in [0.3, 0.4) is 0 Å². The minimum Gasteiger partial charge on any atom is -0.381 e. The smallest absolute Gasteiger partial charge is 0.155 e. The number of aromatic nitrogens is 2. The van der Waals surface area contributed by atoms with Crippen molar-refractivity contribution < 1.29 is 4.74 Å². The summed E-state index contributed by atoms with van der Waals surface area (Å²) < 4.78 is 5.47. The van der Waals surface area contributed by atoms with Crippen LogP contribution in [0.25, 0.3) is 5.57 Å². The lowest BCUT2D eigenvalue weighted by atomic mass is 10.1. The number of allylic oxidation sites excluding steroid dienone is 1. The first-order chi connectivity index (χ1) is 9.79. The molecule has 2 heterocycles. The standard InChI is InChI=1S/C14H17ClN4O/c1-2-20-7-9-3-11(9)12-4-13(18-19-14(12)15)10-5-16-8-17-6-10/h4-6,9,11,16H,2-3,7-8H2,1H3/t9-,11+/m1/s1. The Kier molecular flexibility index (Phi) is 3.98. The van der Waals surface area contributed by atoms with E-state index in [4.69, 9.17) is 16.3 Å². The van der Waals surface area contributed by atoms with Crippen molar-refractivity contribution in [1.29, 1.82) is 0 Å². The molecule has 0 radical (unpaired) electrons. The second-order valence-electron chi connectivity index (χ2n) is 5.01. The van der Waals surface area contributed by atoms with Crippen LogP contribution in [0, 0.1) is 5.92 Å². The maximum atomic E-state index is 6.19.